The molecule has 2 aromatic rings. The number of hydrogen-bond donors (Lipinski definition) is 2. The van der Waals surface area contributed by atoms with E-state index in [2.05, 4.69) is 21.2 Å². The highest BCUT2D eigenvalue weighted by Gasteiger charge is 2.17. The van der Waals surface area contributed by atoms with Crippen molar-refractivity contribution in [2.45, 2.75) is 6.54 Å². The third-order valence-electron chi connectivity index (χ3n) is 2.99. The van der Waals surface area contributed by atoms with E-state index < -0.39 is 0 Å². The van der Waals surface area contributed by atoms with Crippen LogP contribution in [0, 0.1) is 5.82 Å². The number of para-hydroxylation sites is 1. The van der Waals surface area contributed by atoms with E-state index in [4.69, 9.17) is 9.47 Å². The SMILES string of the molecule is Oc1cc2c(cc1CNc1c(F)cccc1Br)OCO2. The van der Waals surface area contributed by atoms with Crippen LogP contribution >= 0.6 is 15.9 Å². The van der Waals surface area contributed by atoms with Crippen molar-refractivity contribution < 1.29 is 19.0 Å². The lowest BCUT2D eigenvalue weighted by atomic mass is 10.1. The van der Waals surface area contributed by atoms with Gasteiger partial charge in [0.2, 0.25) is 6.79 Å². The summed E-state index contributed by atoms with van der Waals surface area (Å²) < 4.78 is 24.7. The minimum absolute atomic E-state index is 0.0780. The smallest absolute Gasteiger partial charge is 0.231 e. The van der Waals surface area contributed by atoms with Crippen LogP contribution in [0.5, 0.6) is 17.2 Å². The zero-order valence-electron chi connectivity index (χ0n) is 10.3. The molecule has 0 spiro atoms. The average molecular weight is 340 g/mol. The lowest BCUT2D eigenvalue weighted by Crippen LogP contribution is -2.02. The number of fused-ring (bicyclic) bond motifs is 1. The van der Waals surface area contributed by atoms with E-state index in [-0.39, 0.29) is 24.9 Å². The Balaban J connectivity index is 1.82. The molecule has 0 aliphatic carbocycles. The number of aromatic hydroxyl groups is 1. The number of phenols is 1. The number of nitrogens with one attached hydrogen (secondary N) is 1. The lowest BCUT2D eigenvalue weighted by Gasteiger charge is -2.11. The molecule has 0 aromatic heterocycles. The molecule has 20 heavy (non-hydrogen) atoms. The van der Waals surface area contributed by atoms with Gasteiger partial charge in [0, 0.05) is 22.6 Å². The molecular formula is C14H11BrFNO3. The van der Waals surface area contributed by atoms with E-state index in [0.29, 0.717) is 27.2 Å². The third kappa shape index (κ3) is 2.38. The fraction of sp³-hybridized carbons (Fsp3) is 0.143. The van der Waals surface area contributed by atoms with Gasteiger partial charge in [0.25, 0.3) is 0 Å². The first-order valence-electron chi connectivity index (χ1n) is 5.94. The molecule has 104 valence electrons. The van der Waals surface area contributed by atoms with Crippen molar-refractivity contribution in [3.05, 3.63) is 46.2 Å². The molecule has 1 heterocycles. The summed E-state index contributed by atoms with van der Waals surface area (Å²) in [7, 11) is 0. The third-order valence-corrected chi connectivity index (χ3v) is 3.65. The number of hydrogen-bond acceptors (Lipinski definition) is 4. The molecule has 4 nitrogen and oxygen atoms in total. The van der Waals surface area contributed by atoms with Gasteiger partial charge in [-0.3, -0.25) is 0 Å². The predicted octanol–water partition coefficient (Wildman–Crippen LogP) is 3.63. The van der Waals surface area contributed by atoms with Gasteiger partial charge in [-0.15, -0.1) is 0 Å². The molecule has 0 amide bonds. The van der Waals surface area contributed by atoms with Crippen LogP contribution < -0.4 is 14.8 Å². The summed E-state index contributed by atoms with van der Waals surface area (Å²) in [4.78, 5) is 0. The molecule has 0 saturated heterocycles. The van der Waals surface area contributed by atoms with Crippen molar-refractivity contribution in [2.24, 2.45) is 0 Å². The van der Waals surface area contributed by atoms with E-state index in [1.54, 1.807) is 18.2 Å². The molecule has 2 N–H and O–H groups in total. The van der Waals surface area contributed by atoms with Crippen molar-refractivity contribution in [1.29, 1.82) is 0 Å². The van der Waals surface area contributed by atoms with Crippen molar-refractivity contribution in [2.75, 3.05) is 12.1 Å². The highest BCUT2D eigenvalue weighted by molar-refractivity contribution is 9.10. The molecular weight excluding hydrogens is 329 g/mol. The van der Waals surface area contributed by atoms with Gasteiger partial charge >= 0.3 is 0 Å². The Morgan fingerprint density at radius 1 is 1.25 bits per heavy atom. The van der Waals surface area contributed by atoms with E-state index in [1.807, 2.05) is 0 Å². The van der Waals surface area contributed by atoms with Gasteiger partial charge in [0.05, 0.1) is 5.69 Å². The standard InChI is InChI=1S/C14H11BrFNO3/c15-9-2-1-3-10(16)14(9)17-6-8-4-12-13(5-11(8)18)20-7-19-12/h1-5,17-18H,6-7H2. The first-order chi connectivity index (χ1) is 9.65. The van der Waals surface area contributed by atoms with Gasteiger partial charge in [0.1, 0.15) is 11.6 Å². The number of halogens is 2. The monoisotopic (exact) mass is 339 g/mol. The van der Waals surface area contributed by atoms with Crippen LogP contribution in [0.1, 0.15) is 5.56 Å². The Bertz CT molecular complexity index is 643. The van der Waals surface area contributed by atoms with Crippen LogP contribution in [-0.2, 0) is 6.54 Å². The summed E-state index contributed by atoms with van der Waals surface area (Å²) in [5, 5.41) is 12.9. The van der Waals surface area contributed by atoms with Crippen molar-refractivity contribution >= 4 is 21.6 Å². The molecule has 0 saturated carbocycles. The Labute approximate surface area is 123 Å². The van der Waals surface area contributed by atoms with Crippen LogP contribution in [0.15, 0.2) is 34.8 Å². The number of anilines is 1. The lowest BCUT2D eigenvalue weighted by molar-refractivity contribution is 0.174. The predicted molar refractivity (Wildman–Crippen MR) is 75.7 cm³/mol. The molecule has 1 aliphatic rings. The van der Waals surface area contributed by atoms with Crippen molar-refractivity contribution in [3.63, 3.8) is 0 Å². The summed E-state index contributed by atoms with van der Waals surface area (Å²) >= 11 is 3.28. The van der Waals surface area contributed by atoms with Crippen LogP contribution in [0.25, 0.3) is 0 Å². The van der Waals surface area contributed by atoms with Gasteiger partial charge in [0.15, 0.2) is 11.5 Å². The number of phenolic OH excluding ortho intramolecular Hbond substituents is 1. The Morgan fingerprint density at radius 3 is 2.75 bits per heavy atom. The maximum atomic E-state index is 13.7. The maximum absolute atomic E-state index is 13.7. The fourth-order valence-corrected chi connectivity index (χ4v) is 2.45. The number of ether oxygens (including phenoxy) is 2. The molecule has 0 atom stereocenters. The second kappa shape index (κ2) is 5.20. The second-order valence-electron chi connectivity index (χ2n) is 4.28. The quantitative estimate of drug-likeness (QED) is 0.896. The summed E-state index contributed by atoms with van der Waals surface area (Å²) in [6.45, 7) is 0.409. The first kappa shape index (κ1) is 13.1. The van der Waals surface area contributed by atoms with Crippen molar-refractivity contribution in [3.8, 4) is 17.2 Å². The molecule has 0 bridgehead atoms. The molecule has 1 aliphatic heterocycles. The van der Waals surface area contributed by atoms with E-state index in [9.17, 15) is 9.50 Å². The molecule has 0 unspecified atom stereocenters. The first-order valence-corrected chi connectivity index (χ1v) is 6.74. The van der Waals surface area contributed by atoms with E-state index in [0.717, 1.165) is 0 Å². The number of benzene rings is 2. The second-order valence-corrected chi connectivity index (χ2v) is 5.14. The van der Waals surface area contributed by atoms with E-state index >= 15 is 0 Å². The topological polar surface area (TPSA) is 50.7 Å². The summed E-state index contributed by atoms with van der Waals surface area (Å²) in [6, 6.07) is 7.90. The minimum Gasteiger partial charge on any atom is -0.507 e. The van der Waals surface area contributed by atoms with Crippen LogP contribution in [0.3, 0.4) is 0 Å². The zero-order valence-corrected chi connectivity index (χ0v) is 11.9. The van der Waals surface area contributed by atoms with Gasteiger partial charge in [-0.1, -0.05) is 6.07 Å². The maximum Gasteiger partial charge on any atom is 0.231 e. The van der Waals surface area contributed by atoms with Gasteiger partial charge < -0.3 is 19.9 Å². The summed E-state index contributed by atoms with van der Waals surface area (Å²) in [5.41, 5.74) is 0.953. The molecule has 0 fully saturated rings. The molecule has 2 aromatic carbocycles. The normalized spacial score (nSPS) is 12.5. The molecule has 6 heteroatoms. The van der Waals surface area contributed by atoms with Gasteiger partial charge in [-0.05, 0) is 34.1 Å². The van der Waals surface area contributed by atoms with Crippen molar-refractivity contribution in [1.82, 2.24) is 0 Å². The van der Waals surface area contributed by atoms with Gasteiger partial charge in [-0.25, -0.2) is 4.39 Å². The van der Waals surface area contributed by atoms with E-state index in [1.165, 1.54) is 12.1 Å². The Kier molecular flexibility index (Phi) is 3.40. The molecule has 0 radical (unpaired) electrons. The summed E-state index contributed by atoms with van der Waals surface area (Å²) in [6.07, 6.45) is 0. The highest BCUT2D eigenvalue weighted by atomic mass is 79.9. The molecule has 3 rings (SSSR count). The van der Waals surface area contributed by atoms with Crippen LogP contribution in [-0.4, -0.2) is 11.9 Å². The summed E-state index contributed by atoms with van der Waals surface area (Å²) in [5.74, 6) is 0.805. The minimum atomic E-state index is -0.361. The van der Waals surface area contributed by atoms with Gasteiger partial charge in [-0.2, -0.15) is 0 Å². The zero-order chi connectivity index (χ0) is 14.1. The highest BCUT2D eigenvalue weighted by Crippen LogP contribution is 2.38. The fourth-order valence-electron chi connectivity index (χ4n) is 1.97. The Hall–Kier alpha value is -1.95. The average Bonchev–Trinajstić information content (AvgIpc) is 2.85. The van der Waals surface area contributed by atoms with Crippen LogP contribution in [0.4, 0.5) is 10.1 Å². The Morgan fingerprint density at radius 2 is 2.00 bits per heavy atom. The largest absolute Gasteiger partial charge is 0.507 e. The number of rotatable bonds is 3. The van der Waals surface area contributed by atoms with Crippen LogP contribution in [0.2, 0.25) is 0 Å².